The summed E-state index contributed by atoms with van der Waals surface area (Å²) in [6.07, 6.45) is 3.35. The molecule has 0 saturated heterocycles. The first-order valence-corrected chi connectivity index (χ1v) is 7.01. The number of benzene rings is 2. The van der Waals surface area contributed by atoms with Gasteiger partial charge in [0.15, 0.2) is 0 Å². The number of hydrogen-bond acceptors (Lipinski definition) is 0. The Bertz CT molecular complexity index is 633. The van der Waals surface area contributed by atoms with Gasteiger partial charge in [-0.15, -0.1) is 0 Å². The van der Waals surface area contributed by atoms with E-state index in [4.69, 9.17) is 0 Å². The summed E-state index contributed by atoms with van der Waals surface area (Å²) in [4.78, 5) is 0. The summed E-state index contributed by atoms with van der Waals surface area (Å²) < 4.78 is 1.21. The monoisotopic (exact) mass is 298 g/mol. The molecule has 2 aromatic carbocycles. The zero-order valence-corrected chi connectivity index (χ0v) is 12.2. The van der Waals surface area contributed by atoms with Gasteiger partial charge < -0.3 is 0 Å². The highest BCUT2D eigenvalue weighted by atomic mass is 79.9. The number of hydrogen-bond donors (Lipinski definition) is 0. The van der Waals surface area contributed by atoms with Crippen molar-refractivity contribution in [3.8, 4) is 11.1 Å². The van der Waals surface area contributed by atoms with E-state index >= 15 is 0 Å². The van der Waals surface area contributed by atoms with E-state index in [1.807, 2.05) is 0 Å². The molecule has 0 spiro atoms. The van der Waals surface area contributed by atoms with E-state index in [-0.39, 0.29) is 0 Å². The third kappa shape index (κ3) is 1.93. The van der Waals surface area contributed by atoms with Crippen LogP contribution in [0.15, 0.2) is 46.9 Å². The summed E-state index contributed by atoms with van der Waals surface area (Å²) in [5, 5.41) is 0. The molecule has 1 heteroatoms. The molecule has 0 N–H and O–H groups in total. The van der Waals surface area contributed by atoms with E-state index in [9.17, 15) is 0 Å². The first kappa shape index (κ1) is 11.7. The zero-order valence-electron chi connectivity index (χ0n) is 10.6. The van der Waals surface area contributed by atoms with Gasteiger partial charge in [0.2, 0.25) is 0 Å². The van der Waals surface area contributed by atoms with Crippen LogP contribution in [0.3, 0.4) is 0 Å². The maximum atomic E-state index is 3.71. The predicted molar refractivity (Wildman–Crippen MR) is 81.7 cm³/mol. The van der Waals surface area contributed by atoms with E-state index in [1.165, 1.54) is 37.9 Å². The highest BCUT2D eigenvalue weighted by Gasteiger charge is 2.15. The first-order valence-electron chi connectivity index (χ1n) is 6.22. The van der Waals surface area contributed by atoms with Crippen LogP contribution in [0.25, 0.3) is 16.7 Å². The van der Waals surface area contributed by atoms with E-state index in [2.05, 4.69) is 72.3 Å². The van der Waals surface area contributed by atoms with Crippen molar-refractivity contribution in [1.29, 1.82) is 0 Å². The van der Waals surface area contributed by atoms with Gasteiger partial charge in [0.25, 0.3) is 0 Å². The van der Waals surface area contributed by atoms with Crippen LogP contribution in [0.2, 0.25) is 0 Å². The summed E-state index contributed by atoms with van der Waals surface area (Å²) in [5.74, 6) is 0. The molecule has 3 rings (SSSR count). The van der Waals surface area contributed by atoms with Crippen molar-refractivity contribution in [3.05, 3.63) is 63.6 Å². The lowest BCUT2D eigenvalue weighted by molar-refractivity contribution is 1.30. The van der Waals surface area contributed by atoms with Gasteiger partial charge in [0, 0.05) is 4.47 Å². The maximum Gasteiger partial charge on any atom is 0.0259 e. The van der Waals surface area contributed by atoms with Gasteiger partial charge in [0.1, 0.15) is 0 Å². The Morgan fingerprint density at radius 2 is 1.67 bits per heavy atom. The van der Waals surface area contributed by atoms with Gasteiger partial charge in [-0.1, -0.05) is 57.9 Å². The van der Waals surface area contributed by atoms with Crippen molar-refractivity contribution in [1.82, 2.24) is 0 Å². The molecule has 0 heterocycles. The zero-order chi connectivity index (χ0) is 12.7. The number of allylic oxidation sites excluding steroid dienone is 2. The fourth-order valence-electron chi connectivity index (χ4n) is 2.54. The molecule has 90 valence electrons. The van der Waals surface area contributed by atoms with Gasteiger partial charge in [-0.05, 0) is 54.2 Å². The largest absolute Gasteiger partial charge is 0.0765 e. The van der Waals surface area contributed by atoms with Crippen molar-refractivity contribution in [2.24, 2.45) is 0 Å². The van der Waals surface area contributed by atoms with Crippen LogP contribution >= 0.6 is 15.9 Å². The second kappa shape index (κ2) is 4.40. The minimum Gasteiger partial charge on any atom is -0.0765 e. The molecule has 0 atom stereocenters. The summed E-state index contributed by atoms with van der Waals surface area (Å²) in [7, 11) is 0. The van der Waals surface area contributed by atoms with Crippen LogP contribution in [-0.2, 0) is 6.42 Å². The molecule has 0 fully saturated rings. The molecule has 0 saturated carbocycles. The van der Waals surface area contributed by atoms with Gasteiger partial charge >= 0.3 is 0 Å². The normalized spacial score (nSPS) is 13.4. The van der Waals surface area contributed by atoms with Gasteiger partial charge in [-0.25, -0.2) is 0 Å². The maximum absolute atomic E-state index is 3.71. The molecule has 0 nitrogen and oxygen atoms in total. The molecular formula is C17H15Br. The van der Waals surface area contributed by atoms with Crippen LogP contribution in [0.4, 0.5) is 0 Å². The van der Waals surface area contributed by atoms with Crippen LogP contribution < -0.4 is 0 Å². The van der Waals surface area contributed by atoms with Crippen molar-refractivity contribution < 1.29 is 0 Å². The summed E-state index contributed by atoms with van der Waals surface area (Å²) in [6, 6.07) is 13.3. The minimum absolute atomic E-state index is 1.06. The van der Waals surface area contributed by atoms with Gasteiger partial charge in [-0.3, -0.25) is 0 Å². The molecular weight excluding hydrogens is 284 g/mol. The average molecular weight is 299 g/mol. The number of halogens is 1. The molecule has 2 aromatic rings. The van der Waals surface area contributed by atoms with E-state index in [0.717, 1.165) is 6.42 Å². The molecule has 0 aliphatic heterocycles. The van der Waals surface area contributed by atoms with Crippen molar-refractivity contribution in [2.75, 3.05) is 0 Å². The highest BCUT2D eigenvalue weighted by Crippen LogP contribution is 2.37. The van der Waals surface area contributed by atoms with Crippen molar-refractivity contribution in [3.63, 3.8) is 0 Å². The molecule has 0 unspecified atom stereocenters. The fourth-order valence-corrected chi connectivity index (χ4v) is 3.36. The SMILES string of the molecule is CC1=CCc2cc(-c3ccc(C)cc3)cc(Br)c21. The van der Waals surface area contributed by atoms with Crippen molar-refractivity contribution in [2.45, 2.75) is 20.3 Å². The lowest BCUT2D eigenvalue weighted by Gasteiger charge is -2.10. The van der Waals surface area contributed by atoms with E-state index in [0.29, 0.717) is 0 Å². The van der Waals surface area contributed by atoms with Crippen molar-refractivity contribution >= 4 is 21.5 Å². The average Bonchev–Trinajstić information content (AvgIpc) is 2.72. The summed E-state index contributed by atoms with van der Waals surface area (Å²) in [6.45, 7) is 4.30. The number of aryl methyl sites for hydroxylation is 1. The van der Waals surface area contributed by atoms with Gasteiger partial charge in [-0.2, -0.15) is 0 Å². The molecule has 1 aliphatic carbocycles. The Kier molecular flexibility index (Phi) is 2.87. The molecule has 0 radical (unpaired) electrons. The second-order valence-corrected chi connectivity index (χ2v) is 5.80. The second-order valence-electron chi connectivity index (χ2n) is 4.95. The first-order chi connectivity index (χ1) is 8.65. The fraction of sp³-hybridized carbons (Fsp3) is 0.176. The van der Waals surface area contributed by atoms with E-state index in [1.54, 1.807) is 0 Å². The Hall–Kier alpha value is -1.34. The quantitative estimate of drug-likeness (QED) is 0.663. The molecule has 0 bridgehead atoms. The van der Waals surface area contributed by atoms with Crippen LogP contribution in [0.5, 0.6) is 0 Å². The van der Waals surface area contributed by atoms with Crippen LogP contribution in [0, 0.1) is 6.92 Å². The topological polar surface area (TPSA) is 0 Å². The molecule has 0 amide bonds. The number of rotatable bonds is 1. The standard InChI is InChI=1S/C17H15Br/c1-11-3-6-13(7-4-11)15-9-14-8-5-12(2)17(14)16(18)10-15/h3-7,9-10H,8H2,1-2H3. The highest BCUT2D eigenvalue weighted by molar-refractivity contribution is 9.10. The minimum atomic E-state index is 1.06. The van der Waals surface area contributed by atoms with Crippen LogP contribution in [-0.4, -0.2) is 0 Å². The van der Waals surface area contributed by atoms with E-state index < -0.39 is 0 Å². The van der Waals surface area contributed by atoms with Gasteiger partial charge in [0.05, 0.1) is 0 Å². The Balaban J connectivity index is 2.11. The smallest absolute Gasteiger partial charge is 0.0259 e. The predicted octanol–water partition coefficient (Wildman–Crippen LogP) is 5.38. The third-order valence-electron chi connectivity index (χ3n) is 3.58. The molecule has 0 aromatic heterocycles. The van der Waals surface area contributed by atoms with Crippen LogP contribution in [0.1, 0.15) is 23.6 Å². The third-order valence-corrected chi connectivity index (χ3v) is 4.20. The molecule has 1 aliphatic rings. The number of fused-ring (bicyclic) bond motifs is 1. The Morgan fingerprint density at radius 3 is 2.39 bits per heavy atom. The lowest BCUT2D eigenvalue weighted by atomic mass is 9.98. The summed E-state index contributed by atoms with van der Waals surface area (Å²) >= 11 is 3.71. The molecule has 18 heavy (non-hydrogen) atoms. The lowest BCUT2D eigenvalue weighted by Crippen LogP contribution is -1.88. The summed E-state index contributed by atoms with van der Waals surface area (Å²) in [5.41, 5.74) is 8.07. The Morgan fingerprint density at radius 1 is 0.944 bits per heavy atom. The Labute approximate surface area is 116 Å².